The molecule has 1 N–H and O–H groups in total. The summed E-state index contributed by atoms with van der Waals surface area (Å²) in [5.74, 6) is -0.0980. The molecule has 0 saturated heterocycles. The van der Waals surface area contributed by atoms with Gasteiger partial charge in [-0.25, -0.2) is 0 Å². The molecule has 1 aromatic carbocycles. The van der Waals surface area contributed by atoms with Crippen LogP contribution in [0.3, 0.4) is 0 Å². The van der Waals surface area contributed by atoms with E-state index >= 15 is 0 Å². The lowest BCUT2D eigenvalue weighted by Gasteiger charge is -2.31. The number of rotatable bonds is 6. The Hall–Kier alpha value is -1.90. The van der Waals surface area contributed by atoms with Crippen molar-refractivity contribution >= 4 is 24.0 Å². The van der Waals surface area contributed by atoms with Gasteiger partial charge in [-0.15, -0.1) is 0 Å². The zero-order valence-electron chi connectivity index (χ0n) is 13.3. The Morgan fingerprint density at radius 3 is 2.38 bits per heavy atom. The molecule has 0 aromatic heterocycles. The van der Waals surface area contributed by atoms with Crippen LogP contribution in [0.2, 0.25) is 0 Å². The van der Waals surface area contributed by atoms with Gasteiger partial charge in [-0.2, -0.15) is 0 Å². The number of aliphatic imine (C=N–C) groups is 1. The summed E-state index contributed by atoms with van der Waals surface area (Å²) in [4.78, 5) is 16.2. The summed E-state index contributed by atoms with van der Waals surface area (Å²) >= 11 is 0. The van der Waals surface area contributed by atoms with Crippen molar-refractivity contribution in [3.05, 3.63) is 35.4 Å². The molecule has 0 bridgehead atoms. The Labute approximate surface area is 127 Å². The van der Waals surface area contributed by atoms with Crippen molar-refractivity contribution in [2.24, 2.45) is 4.99 Å². The maximum Gasteiger partial charge on any atom is 0.256 e. The average molecular weight is 284 g/mol. The van der Waals surface area contributed by atoms with Crippen LogP contribution < -0.4 is 5.32 Å². The van der Waals surface area contributed by atoms with Crippen molar-refractivity contribution in [3.8, 4) is 0 Å². The SMILES string of the molecule is C=Nc1c(C(C)(CCC)CCC)ccc2c1C(=C)NC2=O. The first-order valence-corrected chi connectivity index (χ1v) is 7.63. The molecule has 0 aliphatic carbocycles. The summed E-state index contributed by atoms with van der Waals surface area (Å²) in [6, 6.07) is 3.95. The summed E-state index contributed by atoms with van der Waals surface area (Å²) in [5.41, 5.74) is 4.17. The summed E-state index contributed by atoms with van der Waals surface area (Å²) < 4.78 is 0. The third kappa shape index (κ3) is 2.53. The molecule has 0 fully saturated rings. The van der Waals surface area contributed by atoms with Crippen molar-refractivity contribution in [2.45, 2.75) is 51.9 Å². The molecule has 0 saturated carbocycles. The zero-order chi connectivity index (χ0) is 15.6. The third-order valence-corrected chi connectivity index (χ3v) is 4.40. The van der Waals surface area contributed by atoms with Crippen molar-refractivity contribution in [3.63, 3.8) is 0 Å². The first-order chi connectivity index (χ1) is 9.98. The number of fused-ring (bicyclic) bond motifs is 1. The molecule has 112 valence electrons. The highest BCUT2D eigenvalue weighted by molar-refractivity contribution is 6.11. The lowest BCUT2D eigenvalue weighted by molar-refractivity contribution is 0.0981. The number of amides is 1. The molecular formula is C18H24N2O. The molecule has 2 rings (SSSR count). The smallest absolute Gasteiger partial charge is 0.256 e. The van der Waals surface area contributed by atoms with Gasteiger partial charge >= 0.3 is 0 Å². The monoisotopic (exact) mass is 284 g/mol. The molecule has 1 aliphatic heterocycles. The van der Waals surface area contributed by atoms with Crippen LogP contribution in [-0.4, -0.2) is 12.6 Å². The first-order valence-electron chi connectivity index (χ1n) is 7.63. The van der Waals surface area contributed by atoms with E-state index in [1.807, 2.05) is 12.1 Å². The van der Waals surface area contributed by atoms with Crippen LogP contribution >= 0.6 is 0 Å². The molecule has 0 radical (unpaired) electrons. The lowest BCUT2D eigenvalue weighted by Crippen LogP contribution is -2.22. The molecular weight excluding hydrogens is 260 g/mol. The molecule has 21 heavy (non-hydrogen) atoms. The molecule has 1 heterocycles. The maximum absolute atomic E-state index is 11.9. The molecule has 1 aromatic rings. The van der Waals surface area contributed by atoms with E-state index in [1.165, 1.54) is 5.56 Å². The Morgan fingerprint density at radius 1 is 1.24 bits per heavy atom. The van der Waals surface area contributed by atoms with Crippen LogP contribution in [0.25, 0.3) is 5.70 Å². The van der Waals surface area contributed by atoms with Crippen molar-refractivity contribution in [2.75, 3.05) is 0 Å². The van der Waals surface area contributed by atoms with Crippen LogP contribution in [0.5, 0.6) is 0 Å². The number of benzene rings is 1. The van der Waals surface area contributed by atoms with Crippen LogP contribution in [0, 0.1) is 0 Å². The number of carbonyl (C=O) groups excluding carboxylic acids is 1. The standard InChI is InChI=1S/C18H24N2O/c1-6-10-18(4,11-7-2)14-9-8-13-15(16(14)19-5)12(3)20-17(13)21/h8-9H,3,5-7,10-11H2,1-2,4H3,(H,20,21). The minimum absolute atomic E-state index is 0.0565. The Kier molecular flexibility index (Phi) is 4.31. The van der Waals surface area contributed by atoms with E-state index in [0.717, 1.165) is 36.9 Å². The molecule has 1 aliphatic rings. The quantitative estimate of drug-likeness (QED) is 0.763. The van der Waals surface area contributed by atoms with Gasteiger partial charge in [0.25, 0.3) is 5.91 Å². The summed E-state index contributed by atoms with van der Waals surface area (Å²) in [6.45, 7) is 14.4. The molecule has 0 spiro atoms. The van der Waals surface area contributed by atoms with Crippen LogP contribution in [0.15, 0.2) is 23.7 Å². The average Bonchev–Trinajstić information content (AvgIpc) is 2.73. The molecule has 0 unspecified atom stereocenters. The fourth-order valence-corrected chi connectivity index (χ4v) is 3.50. The third-order valence-electron chi connectivity index (χ3n) is 4.40. The van der Waals surface area contributed by atoms with Gasteiger partial charge in [-0.1, -0.05) is 46.3 Å². The van der Waals surface area contributed by atoms with Crippen molar-refractivity contribution in [1.82, 2.24) is 5.32 Å². The Bertz CT molecular complexity index is 595. The van der Waals surface area contributed by atoms with Gasteiger partial charge in [-0.3, -0.25) is 9.79 Å². The van der Waals surface area contributed by atoms with E-state index in [4.69, 9.17) is 0 Å². The Balaban J connectivity index is 2.65. The minimum atomic E-state index is -0.0980. The predicted octanol–water partition coefficient (Wildman–Crippen LogP) is 4.59. The van der Waals surface area contributed by atoms with E-state index in [-0.39, 0.29) is 11.3 Å². The van der Waals surface area contributed by atoms with Crippen LogP contribution in [0.4, 0.5) is 5.69 Å². The van der Waals surface area contributed by atoms with Gasteiger partial charge in [0.1, 0.15) is 0 Å². The second kappa shape index (κ2) is 5.84. The first kappa shape index (κ1) is 15.5. The highest BCUT2D eigenvalue weighted by Crippen LogP contribution is 2.44. The maximum atomic E-state index is 11.9. The van der Waals surface area contributed by atoms with E-state index in [0.29, 0.717) is 11.3 Å². The largest absolute Gasteiger partial charge is 0.322 e. The summed E-state index contributed by atoms with van der Waals surface area (Å²) in [7, 11) is 0. The van der Waals surface area contributed by atoms with E-state index in [9.17, 15) is 4.79 Å². The zero-order valence-corrected chi connectivity index (χ0v) is 13.3. The van der Waals surface area contributed by atoms with Crippen LogP contribution in [-0.2, 0) is 5.41 Å². The highest BCUT2D eigenvalue weighted by atomic mass is 16.1. The fourth-order valence-electron chi connectivity index (χ4n) is 3.50. The summed E-state index contributed by atoms with van der Waals surface area (Å²) in [6.07, 6.45) is 4.41. The molecule has 1 amide bonds. The number of nitrogens with zero attached hydrogens (tertiary/aromatic N) is 1. The molecule has 3 heteroatoms. The second-order valence-electron chi connectivity index (χ2n) is 6.04. The van der Waals surface area contributed by atoms with Crippen molar-refractivity contribution in [1.29, 1.82) is 0 Å². The highest BCUT2D eigenvalue weighted by Gasteiger charge is 2.33. The number of hydrogen-bond donors (Lipinski definition) is 1. The predicted molar refractivity (Wildman–Crippen MR) is 89.3 cm³/mol. The van der Waals surface area contributed by atoms with E-state index < -0.39 is 0 Å². The molecule has 0 atom stereocenters. The molecule has 3 nitrogen and oxygen atoms in total. The number of carbonyl (C=O) groups is 1. The van der Waals surface area contributed by atoms with Gasteiger partial charge in [0, 0.05) is 11.3 Å². The van der Waals surface area contributed by atoms with Gasteiger partial charge in [0.15, 0.2) is 0 Å². The normalized spacial score (nSPS) is 14.0. The van der Waals surface area contributed by atoms with E-state index in [2.05, 4.69) is 44.4 Å². The van der Waals surface area contributed by atoms with Gasteiger partial charge in [0.05, 0.1) is 11.3 Å². The van der Waals surface area contributed by atoms with Crippen LogP contribution in [0.1, 0.15) is 67.9 Å². The van der Waals surface area contributed by atoms with Crippen molar-refractivity contribution < 1.29 is 4.79 Å². The van der Waals surface area contributed by atoms with Gasteiger partial charge in [0.2, 0.25) is 0 Å². The number of hydrogen-bond acceptors (Lipinski definition) is 2. The fraction of sp³-hybridized carbons (Fsp3) is 0.444. The van der Waals surface area contributed by atoms with Gasteiger partial charge < -0.3 is 5.32 Å². The number of nitrogens with one attached hydrogen (secondary N) is 1. The second-order valence-corrected chi connectivity index (χ2v) is 6.04. The lowest BCUT2D eigenvalue weighted by atomic mass is 9.73. The minimum Gasteiger partial charge on any atom is -0.322 e. The van der Waals surface area contributed by atoms with E-state index in [1.54, 1.807) is 0 Å². The summed E-state index contributed by atoms with van der Waals surface area (Å²) in [5, 5.41) is 2.78. The Morgan fingerprint density at radius 2 is 1.86 bits per heavy atom. The van der Waals surface area contributed by atoms with Gasteiger partial charge in [-0.05, 0) is 36.6 Å². The topological polar surface area (TPSA) is 41.5 Å².